The molecule has 2 heterocycles. The maximum absolute atomic E-state index is 11.0. The average molecular weight is 445 g/mol. The molecule has 9 heteroatoms. The molecule has 1 saturated carbocycles. The van der Waals surface area contributed by atoms with Crippen molar-refractivity contribution in [3.63, 3.8) is 0 Å². The van der Waals surface area contributed by atoms with Crippen molar-refractivity contribution in [1.82, 2.24) is 14.7 Å². The lowest BCUT2D eigenvalue weighted by molar-refractivity contribution is 0.495. The van der Waals surface area contributed by atoms with Crippen molar-refractivity contribution in [3.8, 4) is 0 Å². The second-order valence-corrected chi connectivity index (χ2v) is 9.29. The van der Waals surface area contributed by atoms with Crippen LogP contribution in [0.15, 0.2) is 36.4 Å². The second kappa shape index (κ2) is 7.85. The predicted octanol–water partition coefficient (Wildman–Crippen LogP) is 4.02. The van der Waals surface area contributed by atoms with E-state index in [1.807, 2.05) is 24.3 Å². The normalized spacial score (nSPS) is 18.7. The van der Waals surface area contributed by atoms with E-state index in [1.165, 1.54) is 18.5 Å². The van der Waals surface area contributed by atoms with E-state index in [9.17, 15) is 8.76 Å². The Bertz CT molecular complexity index is 1110. The molecule has 0 spiro atoms. The molecule has 7 nitrogen and oxygen atoms in total. The summed E-state index contributed by atoms with van der Waals surface area (Å²) in [4.78, 5) is 10.4. The Kier molecular flexibility index (Phi) is 5.18. The molecule has 1 atom stereocenters. The first-order chi connectivity index (χ1) is 14.5. The van der Waals surface area contributed by atoms with Gasteiger partial charge in [0.05, 0.1) is 21.7 Å². The van der Waals surface area contributed by atoms with Gasteiger partial charge in [-0.15, -0.1) is 0 Å². The summed E-state index contributed by atoms with van der Waals surface area (Å²) in [6.45, 7) is 2.20. The highest BCUT2D eigenvalue weighted by Gasteiger charge is 2.42. The molecular weight excluding hydrogens is 422 g/mol. The lowest BCUT2D eigenvalue weighted by Gasteiger charge is -2.19. The van der Waals surface area contributed by atoms with Crippen molar-refractivity contribution in [3.05, 3.63) is 47.0 Å². The van der Waals surface area contributed by atoms with Crippen LogP contribution in [0, 0.1) is 0 Å². The van der Waals surface area contributed by atoms with E-state index >= 15 is 0 Å². The lowest BCUT2D eigenvalue weighted by atomic mass is 10.0. The molecular formula is C21H23ClN5O2S-. The third-order valence-corrected chi connectivity index (χ3v) is 6.85. The molecule has 2 aromatic carbocycles. The Morgan fingerprint density at radius 2 is 2.00 bits per heavy atom. The molecule has 3 N–H and O–H groups in total. The van der Waals surface area contributed by atoms with Gasteiger partial charge in [-0.2, -0.15) is 0 Å². The van der Waals surface area contributed by atoms with Gasteiger partial charge in [0.15, 0.2) is 0 Å². The zero-order chi connectivity index (χ0) is 20.7. The van der Waals surface area contributed by atoms with Gasteiger partial charge in [-0.3, -0.25) is 4.21 Å². The number of hydrogen-bond donors (Lipinski definition) is 3. The van der Waals surface area contributed by atoms with Crippen LogP contribution in [-0.2, 0) is 17.7 Å². The van der Waals surface area contributed by atoms with Crippen molar-refractivity contribution < 1.29 is 8.76 Å². The smallest absolute Gasteiger partial charge is 0.205 e. The number of H-pyrrole nitrogens is 1. The van der Waals surface area contributed by atoms with Gasteiger partial charge in [-0.1, -0.05) is 17.7 Å². The predicted molar refractivity (Wildman–Crippen MR) is 120 cm³/mol. The Labute approximate surface area is 182 Å². The number of aromatic amines is 1. The SMILES string of the molecule is O=S([O-])NC1(Cc2ccc(Cl)c(Nc3nc4ccc(N5CCCC5)cc4[nH]3)c2)CC1. The van der Waals surface area contributed by atoms with Gasteiger partial charge in [-0.05, 0) is 68.0 Å². The van der Waals surface area contributed by atoms with Crippen LogP contribution in [-0.4, -0.2) is 37.4 Å². The van der Waals surface area contributed by atoms with Crippen molar-refractivity contribution in [1.29, 1.82) is 0 Å². The molecule has 5 rings (SSSR count). The standard InChI is InChI=1S/C21H24ClN5O2S/c22-16-5-3-14(13-21(7-8-21)26-30(28)29)11-18(16)24-20-23-17-6-4-15(12-19(17)25-20)27-9-1-2-10-27/h3-6,11-12,26H,1-2,7-10,13H2,(H,28,29)(H2,23,24,25)/p-1. The molecule has 1 aliphatic carbocycles. The number of hydrogen-bond acceptors (Lipinski definition) is 5. The number of rotatable bonds is 7. The Balaban J connectivity index is 1.36. The van der Waals surface area contributed by atoms with Gasteiger partial charge in [0, 0.05) is 35.6 Å². The number of halogens is 1. The Morgan fingerprint density at radius 1 is 1.20 bits per heavy atom. The Morgan fingerprint density at radius 3 is 2.73 bits per heavy atom. The van der Waals surface area contributed by atoms with Gasteiger partial charge in [0.1, 0.15) is 0 Å². The van der Waals surface area contributed by atoms with E-state index in [0.717, 1.165) is 48.2 Å². The molecule has 0 amide bonds. The van der Waals surface area contributed by atoms with Gasteiger partial charge < -0.3 is 19.8 Å². The van der Waals surface area contributed by atoms with Crippen LogP contribution in [0.25, 0.3) is 11.0 Å². The molecule has 0 radical (unpaired) electrons. The molecule has 2 fully saturated rings. The fraction of sp³-hybridized carbons (Fsp3) is 0.381. The first-order valence-electron chi connectivity index (χ1n) is 10.2. The fourth-order valence-electron chi connectivity index (χ4n) is 4.17. The van der Waals surface area contributed by atoms with E-state index < -0.39 is 11.3 Å². The highest BCUT2D eigenvalue weighted by molar-refractivity contribution is 7.77. The number of nitrogens with zero attached hydrogens (tertiary/aromatic N) is 2. The number of fused-ring (bicyclic) bond motifs is 1. The maximum atomic E-state index is 11.0. The van der Waals surface area contributed by atoms with Gasteiger partial charge in [0.25, 0.3) is 0 Å². The molecule has 2 aliphatic rings. The summed E-state index contributed by atoms with van der Waals surface area (Å²) < 4.78 is 24.7. The summed E-state index contributed by atoms with van der Waals surface area (Å²) in [5, 5.41) is 3.87. The van der Waals surface area contributed by atoms with E-state index in [4.69, 9.17) is 11.6 Å². The van der Waals surface area contributed by atoms with Crippen LogP contribution in [0.4, 0.5) is 17.3 Å². The van der Waals surface area contributed by atoms with E-state index in [0.29, 0.717) is 17.4 Å². The summed E-state index contributed by atoms with van der Waals surface area (Å²) in [5.74, 6) is 0.627. The van der Waals surface area contributed by atoms with Gasteiger partial charge >= 0.3 is 0 Å². The summed E-state index contributed by atoms with van der Waals surface area (Å²) in [5.41, 5.74) is 4.49. The van der Waals surface area contributed by atoms with E-state index in [1.54, 1.807) is 0 Å². The molecule has 158 valence electrons. The minimum Gasteiger partial charge on any atom is -0.760 e. The second-order valence-electron chi connectivity index (χ2n) is 8.21. The summed E-state index contributed by atoms with van der Waals surface area (Å²) in [7, 11) is 0. The molecule has 30 heavy (non-hydrogen) atoms. The summed E-state index contributed by atoms with van der Waals surface area (Å²) in [6.07, 6.45) is 4.80. The van der Waals surface area contributed by atoms with Crippen LogP contribution in [0.5, 0.6) is 0 Å². The topological polar surface area (TPSA) is 96.1 Å². The number of imidazole rings is 1. The first-order valence-corrected chi connectivity index (χ1v) is 11.6. The van der Waals surface area contributed by atoms with Crippen molar-refractivity contribution in [2.24, 2.45) is 0 Å². The average Bonchev–Trinajstić information content (AvgIpc) is 3.10. The molecule has 1 saturated heterocycles. The summed E-state index contributed by atoms with van der Waals surface area (Å²) in [6, 6.07) is 12.0. The molecule has 1 aliphatic heterocycles. The number of nitrogens with one attached hydrogen (secondary N) is 3. The third kappa shape index (κ3) is 4.18. The van der Waals surface area contributed by atoms with Crippen molar-refractivity contribution >= 4 is 51.2 Å². The number of anilines is 3. The highest BCUT2D eigenvalue weighted by atomic mass is 35.5. The van der Waals surface area contributed by atoms with Crippen LogP contribution in [0.1, 0.15) is 31.2 Å². The Hall–Kier alpha value is -2.13. The van der Waals surface area contributed by atoms with E-state index in [2.05, 4.69) is 37.0 Å². The summed E-state index contributed by atoms with van der Waals surface area (Å²) >= 11 is 4.14. The van der Waals surface area contributed by atoms with Crippen LogP contribution in [0.2, 0.25) is 5.02 Å². The quantitative estimate of drug-likeness (QED) is 0.478. The first kappa shape index (κ1) is 19.8. The van der Waals surface area contributed by atoms with Crippen LogP contribution >= 0.6 is 11.6 Å². The molecule has 1 aromatic heterocycles. The van der Waals surface area contributed by atoms with Gasteiger partial charge in [0.2, 0.25) is 5.95 Å². The largest absolute Gasteiger partial charge is 0.760 e. The van der Waals surface area contributed by atoms with E-state index in [-0.39, 0.29) is 5.54 Å². The van der Waals surface area contributed by atoms with Gasteiger partial charge in [-0.25, -0.2) is 9.71 Å². The minimum absolute atomic E-state index is 0.358. The van der Waals surface area contributed by atoms with Crippen LogP contribution in [0.3, 0.4) is 0 Å². The maximum Gasteiger partial charge on any atom is 0.205 e. The number of benzene rings is 2. The van der Waals surface area contributed by atoms with Crippen molar-refractivity contribution in [2.75, 3.05) is 23.3 Å². The third-order valence-electron chi connectivity index (χ3n) is 5.92. The highest BCUT2D eigenvalue weighted by Crippen LogP contribution is 2.40. The molecule has 1 unspecified atom stereocenters. The molecule has 0 bridgehead atoms. The zero-order valence-electron chi connectivity index (χ0n) is 16.4. The fourth-order valence-corrected chi connectivity index (χ4v) is 4.96. The minimum atomic E-state index is -2.26. The monoisotopic (exact) mass is 444 g/mol. The number of aromatic nitrogens is 2. The lowest BCUT2D eigenvalue weighted by Crippen LogP contribution is -2.34. The zero-order valence-corrected chi connectivity index (χ0v) is 18.0. The molecule has 3 aromatic rings. The van der Waals surface area contributed by atoms with Crippen molar-refractivity contribution in [2.45, 2.75) is 37.6 Å². The van der Waals surface area contributed by atoms with Crippen LogP contribution < -0.4 is 14.9 Å².